The Kier molecular flexibility index (Phi) is 5.30. The third kappa shape index (κ3) is 4.42. The number of piperidine rings is 1. The van der Waals surface area contributed by atoms with E-state index < -0.39 is 10.0 Å². The summed E-state index contributed by atoms with van der Waals surface area (Å²) in [4.78, 5) is 0. The van der Waals surface area contributed by atoms with Crippen molar-refractivity contribution in [3.05, 3.63) is 34.3 Å². The first-order valence-electron chi connectivity index (χ1n) is 7.24. The lowest BCUT2D eigenvalue weighted by molar-refractivity contribution is 0.247. The van der Waals surface area contributed by atoms with Gasteiger partial charge >= 0.3 is 0 Å². The Morgan fingerprint density at radius 2 is 2.19 bits per heavy atom. The highest BCUT2D eigenvalue weighted by atomic mass is 35.5. The molecule has 0 saturated carbocycles. The summed E-state index contributed by atoms with van der Waals surface area (Å²) in [6.45, 7) is 3.17. The number of aryl methyl sites for hydroxylation is 1. The third-order valence-corrected chi connectivity index (χ3v) is 5.84. The summed E-state index contributed by atoms with van der Waals surface area (Å²) in [7, 11) is -3.10. The normalized spacial score (nSPS) is 22.2. The minimum Gasteiger partial charge on any atom is -0.324 e. The number of hydrogen-bond donors (Lipinski definition) is 1. The highest BCUT2D eigenvalue weighted by Gasteiger charge is 2.27. The number of nitrogens with zero attached hydrogens (tertiary/aromatic N) is 1. The van der Waals surface area contributed by atoms with Crippen molar-refractivity contribution in [2.45, 2.75) is 32.2 Å². The summed E-state index contributed by atoms with van der Waals surface area (Å²) in [6, 6.07) is 5.77. The van der Waals surface area contributed by atoms with Crippen LogP contribution in [0.5, 0.6) is 0 Å². The average Bonchev–Trinajstić information content (AvgIpc) is 2.41. The molecule has 2 atom stereocenters. The molecule has 1 aromatic rings. The highest BCUT2D eigenvalue weighted by molar-refractivity contribution is 7.88. The molecule has 21 heavy (non-hydrogen) atoms. The Labute approximate surface area is 132 Å². The van der Waals surface area contributed by atoms with Crippen molar-refractivity contribution >= 4 is 21.6 Å². The molecule has 1 aromatic carbocycles. The second-order valence-electron chi connectivity index (χ2n) is 5.98. The summed E-state index contributed by atoms with van der Waals surface area (Å²) in [6.07, 6.45) is 4.02. The van der Waals surface area contributed by atoms with Crippen LogP contribution < -0.4 is 5.73 Å². The smallest absolute Gasteiger partial charge is 0.211 e. The van der Waals surface area contributed by atoms with Crippen molar-refractivity contribution in [2.75, 3.05) is 19.3 Å². The molecule has 1 saturated heterocycles. The van der Waals surface area contributed by atoms with Crippen LogP contribution in [0.2, 0.25) is 5.02 Å². The molecule has 0 radical (unpaired) electrons. The third-order valence-electron chi connectivity index (χ3n) is 4.15. The number of rotatable bonds is 4. The summed E-state index contributed by atoms with van der Waals surface area (Å²) in [5, 5.41) is 0.742. The highest BCUT2D eigenvalue weighted by Crippen LogP contribution is 2.28. The van der Waals surface area contributed by atoms with Crippen molar-refractivity contribution in [1.82, 2.24) is 4.31 Å². The molecule has 1 heterocycles. The zero-order valence-corrected chi connectivity index (χ0v) is 14.1. The standard InChI is InChI=1S/C15H23ClN2O2S/c1-11-8-13(5-6-14(11)16)15(17)9-12-4-3-7-18(10-12)21(2,19)20/h5-6,8,12,15H,3-4,7,9-10,17H2,1-2H3. The van der Waals surface area contributed by atoms with Gasteiger partial charge in [-0.1, -0.05) is 23.7 Å². The van der Waals surface area contributed by atoms with Crippen LogP contribution in [-0.2, 0) is 10.0 Å². The topological polar surface area (TPSA) is 63.4 Å². The van der Waals surface area contributed by atoms with E-state index in [9.17, 15) is 8.42 Å². The lowest BCUT2D eigenvalue weighted by Gasteiger charge is -2.32. The van der Waals surface area contributed by atoms with E-state index in [2.05, 4.69) is 0 Å². The maximum absolute atomic E-state index is 11.6. The Hall–Kier alpha value is -0.620. The molecule has 6 heteroatoms. The lowest BCUT2D eigenvalue weighted by atomic mass is 9.89. The van der Waals surface area contributed by atoms with Crippen LogP contribution in [-0.4, -0.2) is 32.1 Å². The number of hydrogen-bond acceptors (Lipinski definition) is 3. The molecule has 0 aliphatic carbocycles. The SMILES string of the molecule is Cc1cc(C(N)CC2CCCN(S(C)(=O)=O)C2)ccc1Cl. The molecular formula is C15H23ClN2O2S. The first-order chi connectivity index (χ1) is 9.77. The average molecular weight is 331 g/mol. The second kappa shape index (κ2) is 6.65. The summed E-state index contributed by atoms with van der Waals surface area (Å²) in [5.41, 5.74) is 8.37. The molecule has 0 amide bonds. The van der Waals surface area contributed by atoms with Crippen molar-refractivity contribution < 1.29 is 8.42 Å². The van der Waals surface area contributed by atoms with Gasteiger partial charge in [0, 0.05) is 24.2 Å². The fourth-order valence-electron chi connectivity index (χ4n) is 2.91. The summed E-state index contributed by atoms with van der Waals surface area (Å²) in [5.74, 6) is 0.319. The largest absolute Gasteiger partial charge is 0.324 e. The Morgan fingerprint density at radius 3 is 2.81 bits per heavy atom. The second-order valence-corrected chi connectivity index (χ2v) is 8.37. The van der Waals surface area contributed by atoms with Crippen LogP contribution in [0.25, 0.3) is 0 Å². The van der Waals surface area contributed by atoms with Crippen LogP contribution in [0, 0.1) is 12.8 Å². The zero-order valence-electron chi connectivity index (χ0n) is 12.5. The molecule has 2 unspecified atom stereocenters. The van der Waals surface area contributed by atoms with Crippen LogP contribution >= 0.6 is 11.6 Å². The molecule has 0 spiro atoms. The minimum atomic E-state index is -3.10. The molecule has 0 aromatic heterocycles. The maximum Gasteiger partial charge on any atom is 0.211 e. The Balaban J connectivity index is 2.02. The first-order valence-corrected chi connectivity index (χ1v) is 9.46. The van der Waals surface area contributed by atoms with Gasteiger partial charge in [0.1, 0.15) is 0 Å². The molecule has 1 fully saturated rings. The molecular weight excluding hydrogens is 308 g/mol. The Bertz CT molecular complexity index is 604. The van der Waals surface area contributed by atoms with Crippen molar-refractivity contribution in [1.29, 1.82) is 0 Å². The van der Waals surface area contributed by atoms with Gasteiger partial charge < -0.3 is 5.73 Å². The van der Waals surface area contributed by atoms with E-state index in [0.717, 1.165) is 35.4 Å². The molecule has 4 nitrogen and oxygen atoms in total. The van der Waals surface area contributed by atoms with Crippen LogP contribution in [0.3, 0.4) is 0 Å². The molecule has 1 aliphatic rings. The van der Waals surface area contributed by atoms with E-state index in [1.165, 1.54) is 6.26 Å². The molecule has 2 rings (SSSR count). The van der Waals surface area contributed by atoms with Gasteiger partial charge in [0.15, 0.2) is 0 Å². The van der Waals surface area contributed by atoms with E-state index in [4.69, 9.17) is 17.3 Å². The van der Waals surface area contributed by atoms with Gasteiger partial charge in [-0.3, -0.25) is 0 Å². The number of nitrogens with two attached hydrogens (primary N) is 1. The van der Waals surface area contributed by atoms with Gasteiger partial charge in [0.05, 0.1) is 6.26 Å². The number of halogens is 1. The van der Waals surface area contributed by atoms with Crippen molar-refractivity contribution in [2.24, 2.45) is 11.7 Å². The number of sulfonamides is 1. The summed E-state index contributed by atoms with van der Waals surface area (Å²) >= 11 is 6.03. The fourth-order valence-corrected chi connectivity index (χ4v) is 3.97. The molecule has 0 bridgehead atoms. The van der Waals surface area contributed by atoms with Gasteiger partial charge in [0.2, 0.25) is 10.0 Å². The van der Waals surface area contributed by atoms with Crippen molar-refractivity contribution in [3.63, 3.8) is 0 Å². The first kappa shape index (κ1) is 16.7. The van der Waals surface area contributed by atoms with Gasteiger partial charge in [0.25, 0.3) is 0 Å². The molecule has 1 aliphatic heterocycles. The van der Waals surface area contributed by atoms with Crippen LogP contribution in [0.4, 0.5) is 0 Å². The van der Waals surface area contributed by atoms with E-state index in [1.54, 1.807) is 4.31 Å². The predicted octanol–water partition coefficient (Wildman–Crippen LogP) is 2.71. The van der Waals surface area contributed by atoms with Gasteiger partial charge in [-0.05, 0) is 49.3 Å². The van der Waals surface area contributed by atoms with E-state index in [0.29, 0.717) is 19.0 Å². The zero-order chi connectivity index (χ0) is 15.6. The monoisotopic (exact) mass is 330 g/mol. The lowest BCUT2D eigenvalue weighted by Crippen LogP contribution is -2.40. The molecule has 118 valence electrons. The molecule has 2 N–H and O–H groups in total. The van der Waals surface area contributed by atoms with Gasteiger partial charge in [-0.25, -0.2) is 12.7 Å². The predicted molar refractivity (Wildman–Crippen MR) is 86.9 cm³/mol. The summed E-state index contributed by atoms with van der Waals surface area (Å²) < 4.78 is 24.9. The van der Waals surface area contributed by atoms with E-state index >= 15 is 0 Å². The van der Waals surface area contributed by atoms with E-state index in [1.807, 2.05) is 25.1 Å². The quantitative estimate of drug-likeness (QED) is 0.923. The van der Waals surface area contributed by atoms with Gasteiger partial charge in [-0.15, -0.1) is 0 Å². The minimum absolute atomic E-state index is 0.0783. The van der Waals surface area contributed by atoms with Gasteiger partial charge in [-0.2, -0.15) is 0 Å². The Morgan fingerprint density at radius 1 is 1.48 bits per heavy atom. The van der Waals surface area contributed by atoms with Crippen LogP contribution in [0.1, 0.15) is 36.4 Å². The number of benzene rings is 1. The van der Waals surface area contributed by atoms with E-state index in [-0.39, 0.29) is 6.04 Å². The maximum atomic E-state index is 11.6. The fraction of sp³-hybridized carbons (Fsp3) is 0.600. The van der Waals surface area contributed by atoms with Crippen LogP contribution in [0.15, 0.2) is 18.2 Å². The van der Waals surface area contributed by atoms with Crippen molar-refractivity contribution in [3.8, 4) is 0 Å².